The van der Waals surface area contributed by atoms with Crippen LogP contribution in [-0.4, -0.2) is 18.2 Å². The number of carboxylic acids is 1. The molecule has 0 spiro atoms. The summed E-state index contributed by atoms with van der Waals surface area (Å²) in [5, 5.41) is 9.04. The van der Waals surface area contributed by atoms with Crippen molar-refractivity contribution >= 4 is 5.97 Å². The van der Waals surface area contributed by atoms with E-state index in [-0.39, 0.29) is 0 Å². The fourth-order valence-corrected chi connectivity index (χ4v) is 2.98. The summed E-state index contributed by atoms with van der Waals surface area (Å²) in [5.41, 5.74) is 7.46. The topological polar surface area (TPSA) is 72.5 Å². The van der Waals surface area contributed by atoms with E-state index in [1.165, 1.54) is 12.8 Å². The van der Waals surface area contributed by atoms with Gasteiger partial charge in [-0.25, -0.2) is 0 Å². The fourth-order valence-electron chi connectivity index (χ4n) is 2.98. The first kappa shape index (κ1) is 14.9. The van der Waals surface area contributed by atoms with Crippen molar-refractivity contribution in [3.05, 3.63) is 29.3 Å². The van der Waals surface area contributed by atoms with Gasteiger partial charge >= 0.3 is 5.97 Å². The van der Waals surface area contributed by atoms with Gasteiger partial charge in [0.2, 0.25) is 0 Å². The van der Waals surface area contributed by atoms with E-state index in [0.29, 0.717) is 11.5 Å². The minimum absolute atomic E-state index is 0.446. The summed E-state index contributed by atoms with van der Waals surface area (Å²) in [4.78, 5) is 11.0. The highest BCUT2D eigenvalue weighted by molar-refractivity contribution is 5.75. The monoisotopic (exact) mass is 277 g/mol. The van der Waals surface area contributed by atoms with Crippen molar-refractivity contribution in [3.63, 3.8) is 0 Å². The maximum atomic E-state index is 11.0. The number of benzene rings is 1. The zero-order chi connectivity index (χ0) is 14.7. The summed E-state index contributed by atoms with van der Waals surface area (Å²) in [7, 11) is 1.65. The second kappa shape index (κ2) is 6.27. The molecular formula is C16H23NO3. The summed E-state index contributed by atoms with van der Waals surface area (Å²) in [5.74, 6) is 1.06. The third-order valence-corrected chi connectivity index (χ3v) is 4.33. The molecule has 0 amide bonds. The lowest BCUT2D eigenvalue weighted by atomic mass is 9.78. The molecule has 1 unspecified atom stereocenters. The zero-order valence-electron chi connectivity index (χ0n) is 12.1. The van der Waals surface area contributed by atoms with E-state index in [2.05, 4.69) is 6.92 Å². The Kier molecular flexibility index (Phi) is 4.65. The number of carboxylic acid groups (broad SMARTS) is 1. The summed E-state index contributed by atoms with van der Waals surface area (Å²) in [6, 6.07) is 4.53. The van der Waals surface area contributed by atoms with Crippen LogP contribution in [0.1, 0.15) is 55.7 Å². The number of aliphatic carboxylic acids is 1. The van der Waals surface area contributed by atoms with Gasteiger partial charge < -0.3 is 15.6 Å². The lowest BCUT2D eigenvalue weighted by Gasteiger charge is -2.28. The number of ether oxygens (including phenoxy) is 1. The van der Waals surface area contributed by atoms with E-state index in [9.17, 15) is 4.79 Å². The van der Waals surface area contributed by atoms with Crippen LogP contribution in [0.4, 0.5) is 0 Å². The third kappa shape index (κ3) is 3.12. The average molecular weight is 277 g/mol. The van der Waals surface area contributed by atoms with Gasteiger partial charge in [-0.3, -0.25) is 4.79 Å². The molecule has 2 rings (SSSR count). The van der Waals surface area contributed by atoms with Crippen molar-refractivity contribution in [1.29, 1.82) is 0 Å². The molecule has 1 saturated carbocycles. The van der Waals surface area contributed by atoms with Crippen LogP contribution < -0.4 is 10.5 Å². The Labute approximate surface area is 119 Å². The average Bonchev–Trinajstić information content (AvgIpc) is 2.46. The lowest BCUT2D eigenvalue weighted by molar-refractivity contribution is -0.138. The Bertz CT molecular complexity index is 479. The Morgan fingerprint density at radius 3 is 2.55 bits per heavy atom. The third-order valence-electron chi connectivity index (χ3n) is 4.33. The molecule has 1 aromatic rings. The number of carbonyl (C=O) groups is 1. The Morgan fingerprint density at radius 2 is 2.00 bits per heavy atom. The first-order valence-electron chi connectivity index (χ1n) is 7.19. The molecule has 0 bridgehead atoms. The van der Waals surface area contributed by atoms with Crippen molar-refractivity contribution in [3.8, 4) is 5.75 Å². The van der Waals surface area contributed by atoms with Gasteiger partial charge in [-0.1, -0.05) is 25.8 Å². The van der Waals surface area contributed by atoms with E-state index in [1.807, 2.05) is 12.1 Å². The van der Waals surface area contributed by atoms with Gasteiger partial charge in [-0.15, -0.1) is 0 Å². The number of nitrogens with two attached hydrogens (primary N) is 1. The number of methoxy groups -OCH3 is 1. The highest BCUT2D eigenvalue weighted by Gasteiger charge is 2.24. The normalized spacial score (nSPS) is 24.1. The molecule has 20 heavy (non-hydrogen) atoms. The van der Waals surface area contributed by atoms with Gasteiger partial charge in [-0.05, 0) is 47.9 Å². The first-order chi connectivity index (χ1) is 9.52. The summed E-state index contributed by atoms with van der Waals surface area (Å²) < 4.78 is 5.43. The first-order valence-corrected chi connectivity index (χ1v) is 7.19. The molecule has 0 heterocycles. The molecule has 0 aliphatic heterocycles. The maximum absolute atomic E-state index is 11.0. The molecule has 110 valence electrons. The van der Waals surface area contributed by atoms with E-state index < -0.39 is 12.0 Å². The van der Waals surface area contributed by atoms with Crippen molar-refractivity contribution < 1.29 is 14.6 Å². The van der Waals surface area contributed by atoms with Crippen molar-refractivity contribution in [1.82, 2.24) is 0 Å². The molecular weight excluding hydrogens is 254 g/mol. The standard InChI is InChI=1S/C16H23NO3/c1-10-3-5-11(6-4-10)13-9-12(15(17)16(18)19)7-8-14(13)20-2/h7-11,15H,3-6,17H2,1-2H3,(H,18,19). The molecule has 1 aromatic carbocycles. The van der Waals surface area contributed by atoms with Gasteiger partial charge in [0, 0.05) is 0 Å². The minimum atomic E-state index is -1.00. The maximum Gasteiger partial charge on any atom is 0.325 e. The highest BCUT2D eigenvalue weighted by atomic mass is 16.5. The Morgan fingerprint density at radius 1 is 1.35 bits per heavy atom. The summed E-state index contributed by atoms with van der Waals surface area (Å²) in [6.45, 7) is 2.28. The molecule has 4 nitrogen and oxygen atoms in total. The van der Waals surface area contributed by atoms with Crippen LogP contribution in [0, 0.1) is 5.92 Å². The highest BCUT2D eigenvalue weighted by Crippen LogP contribution is 2.40. The molecule has 1 fully saturated rings. The lowest BCUT2D eigenvalue weighted by Crippen LogP contribution is -2.21. The van der Waals surface area contributed by atoms with Crippen LogP contribution in [-0.2, 0) is 4.79 Å². The second-order valence-corrected chi connectivity index (χ2v) is 5.77. The smallest absolute Gasteiger partial charge is 0.325 e. The SMILES string of the molecule is COc1ccc(C(N)C(=O)O)cc1C1CCC(C)CC1. The summed E-state index contributed by atoms with van der Waals surface area (Å²) >= 11 is 0. The summed E-state index contributed by atoms with van der Waals surface area (Å²) in [6.07, 6.45) is 4.68. The molecule has 1 aliphatic rings. The van der Waals surface area contributed by atoms with Gasteiger partial charge in [0.1, 0.15) is 11.8 Å². The predicted molar refractivity (Wildman–Crippen MR) is 77.9 cm³/mol. The largest absolute Gasteiger partial charge is 0.496 e. The van der Waals surface area contributed by atoms with Crippen molar-refractivity contribution in [2.45, 2.75) is 44.6 Å². The van der Waals surface area contributed by atoms with Crippen molar-refractivity contribution in [2.24, 2.45) is 11.7 Å². The number of hydrogen-bond acceptors (Lipinski definition) is 3. The van der Waals surface area contributed by atoms with Crippen LogP contribution in [0.5, 0.6) is 5.75 Å². The van der Waals surface area contributed by atoms with E-state index >= 15 is 0 Å². The quantitative estimate of drug-likeness (QED) is 0.887. The molecule has 4 heteroatoms. The van der Waals surface area contributed by atoms with E-state index in [0.717, 1.165) is 30.1 Å². The van der Waals surface area contributed by atoms with Crippen LogP contribution in [0.25, 0.3) is 0 Å². The number of rotatable bonds is 4. The van der Waals surface area contributed by atoms with Gasteiger partial charge in [-0.2, -0.15) is 0 Å². The van der Waals surface area contributed by atoms with E-state index in [1.54, 1.807) is 13.2 Å². The van der Waals surface area contributed by atoms with Crippen LogP contribution in [0.3, 0.4) is 0 Å². The molecule has 3 N–H and O–H groups in total. The van der Waals surface area contributed by atoms with Gasteiger partial charge in [0.05, 0.1) is 7.11 Å². The van der Waals surface area contributed by atoms with Gasteiger partial charge in [0.15, 0.2) is 0 Å². The molecule has 1 atom stereocenters. The molecule has 0 aromatic heterocycles. The second-order valence-electron chi connectivity index (χ2n) is 5.77. The molecule has 0 radical (unpaired) electrons. The van der Waals surface area contributed by atoms with Crippen LogP contribution in [0.2, 0.25) is 0 Å². The Balaban J connectivity index is 2.29. The van der Waals surface area contributed by atoms with Crippen LogP contribution >= 0.6 is 0 Å². The molecule has 1 aliphatic carbocycles. The van der Waals surface area contributed by atoms with Crippen molar-refractivity contribution in [2.75, 3.05) is 7.11 Å². The predicted octanol–water partition coefficient (Wildman–Crippen LogP) is 3.07. The fraction of sp³-hybridized carbons (Fsp3) is 0.562. The van der Waals surface area contributed by atoms with Gasteiger partial charge in [0.25, 0.3) is 0 Å². The molecule has 0 saturated heterocycles. The van der Waals surface area contributed by atoms with E-state index in [4.69, 9.17) is 15.6 Å². The number of hydrogen-bond donors (Lipinski definition) is 2. The van der Waals surface area contributed by atoms with Crippen LogP contribution in [0.15, 0.2) is 18.2 Å². The zero-order valence-corrected chi connectivity index (χ0v) is 12.1. The minimum Gasteiger partial charge on any atom is -0.496 e. The Hall–Kier alpha value is -1.55.